The van der Waals surface area contributed by atoms with Gasteiger partial charge in [0.05, 0.1) is 11.4 Å². The van der Waals surface area contributed by atoms with Gasteiger partial charge in [-0.2, -0.15) is 5.10 Å². The van der Waals surface area contributed by atoms with E-state index in [1.807, 2.05) is 23.7 Å². The van der Waals surface area contributed by atoms with Crippen LogP contribution in [-0.4, -0.2) is 38.6 Å². The van der Waals surface area contributed by atoms with Crippen molar-refractivity contribution in [2.75, 3.05) is 18.0 Å². The summed E-state index contributed by atoms with van der Waals surface area (Å²) in [4.78, 5) is 6.67. The van der Waals surface area contributed by atoms with Crippen LogP contribution in [0.15, 0.2) is 23.6 Å². The SMILES string of the molecule is Cc1cc2c(N3CCC(=NO)CC3)nccn2n1. The van der Waals surface area contributed by atoms with Crippen molar-refractivity contribution in [3.8, 4) is 0 Å². The van der Waals surface area contributed by atoms with E-state index in [0.717, 1.165) is 48.7 Å². The standard InChI is InChI=1S/C12H15N5O/c1-9-8-11-12(13-4-7-17(11)14-9)16-5-2-10(15-18)3-6-16/h4,7-8,18H,2-3,5-6H2,1H3. The topological polar surface area (TPSA) is 66.0 Å². The molecule has 18 heavy (non-hydrogen) atoms. The first-order valence-corrected chi connectivity index (χ1v) is 6.03. The Morgan fingerprint density at radius 1 is 1.33 bits per heavy atom. The van der Waals surface area contributed by atoms with Gasteiger partial charge in [0.2, 0.25) is 0 Å². The van der Waals surface area contributed by atoms with Gasteiger partial charge in [0.25, 0.3) is 0 Å². The van der Waals surface area contributed by atoms with Gasteiger partial charge in [-0.15, -0.1) is 0 Å². The molecule has 1 saturated heterocycles. The maximum absolute atomic E-state index is 8.76. The Bertz CT molecular complexity index is 594. The summed E-state index contributed by atoms with van der Waals surface area (Å²) in [5.41, 5.74) is 2.88. The average Bonchev–Trinajstić information content (AvgIpc) is 2.79. The molecule has 1 N–H and O–H groups in total. The van der Waals surface area contributed by atoms with Crippen LogP contribution < -0.4 is 4.90 Å². The fourth-order valence-corrected chi connectivity index (χ4v) is 2.35. The molecule has 0 saturated carbocycles. The Morgan fingerprint density at radius 3 is 2.83 bits per heavy atom. The Kier molecular flexibility index (Phi) is 2.62. The quantitative estimate of drug-likeness (QED) is 0.610. The van der Waals surface area contributed by atoms with Crippen LogP contribution in [0.1, 0.15) is 18.5 Å². The second-order valence-corrected chi connectivity index (χ2v) is 4.52. The van der Waals surface area contributed by atoms with Gasteiger partial charge in [-0.1, -0.05) is 5.16 Å². The molecule has 0 unspecified atom stereocenters. The number of rotatable bonds is 1. The largest absolute Gasteiger partial charge is 0.411 e. The van der Waals surface area contributed by atoms with E-state index >= 15 is 0 Å². The predicted octanol–water partition coefficient (Wildman–Crippen LogP) is 1.47. The fourth-order valence-electron chi connectivity index (χ4n) is 2.35. The van der Waals surface area contributed by atoms with Gasteiger partial charge in [0, 0.05) is 38.3 Å². The number of nitrogens with zero attached hydrogens (tertiary/aromatic N) is 5. The highest BCUT2D eigenvalue weighted by Gasteiger charge is 2.19. The zero-order chi connectivity index (χ0) is 12.5. The molecule has 1 aliphatic rings. The van der Waals surface area contributed by atoms with Gasteiger partial charge in [-0.25, -0.2) is 9.50 Å². The Balaban J connectivity index is 1.95. The van der Waals surface area contributed by atoms with E-state index in [1.165, 1.54) is 0 Å². The maximum Gasteiger partial charge on any atom is 0.154 e. The Morgan fingerprint density at radius 2 is 2.11 bits per heavy atom. The number of aryl methyl sites for hydroxylation is 1. The van der Waals surface area contributed by atoms with E-state index in [4.69, 9.17) is 5.21 Å². The lowest BCUT2D eigenvalue weighted by Crippen LogP contribution is -2.34. The van der Waals surface area contributed by atoms with Gasteiger partial charge in [-0.3, -0.25) is 0 Å². The third-order valence-corrected chi connectivity index (χ3v) is 3.27. The van der Waals surface area contributed by atoms with Crippen molar-refractivity contribution >= 4 is 17.0 Å². The van der Waals surface area contributed by atoms with Crippen molar-refractivity contribution in [2.45, 2.75) is 19.8 Å². The highest BCUT2D eigenvalue weighted by atomic mass is 16.4. The van der Waals surface area contributed by atoms with Gasteiger partial charge in [0.1, 0.15) is 5.52 Å². The lowest BCUT2D eigenvalue weighted by Gasteiger charge is -2.28. The summed E-state index contributed by atoms with van der Waals surface area (Å²) in [6.07, 6.45) is 5.19. The number of oxime groups is 1. The minimum Gasteiger partial charge on any atom is -0.411 e. The second-order valence-electron chi connectivity index (χ2n) is 4.52. The number of anilines is 1. The van der Waals surface area contributed by atoms with Crippen molar-refractivity contribution in [1.82, 2.24) is 14.6 Å². The van der Waals surface area contributed by atoms with Crippen LogP contribution in [0, 0.1) is 6.92 Å². The summed E-state index contributed by atoms with van der Waals surface area (Å²) >= 11 is 0. The van der Waals surface area contributed by atoms with Crippen LogP contribution in [0.3, 0.4) is 0 Å². The molecule has 3 rings (SSSR count). The zero-order valence-electron chi connectivity index (χ0n) is 10.2. The van der Waals surface area contributed by atoms with E-state index in [9.17, 15) is 0 Å². The van der Waals surface area contributed by atoms with Crippen LogP contribution in [0.4, 0.5) is 5.82 Å². The summed E-state index contributed by atoms with van der Waals surface area (Å²) in [5.74, 6) is 0.954. The van der Waals surface area contributed by atoms with Gasteiger partial charge < -0.3 is 10.1 Å². The molecule has 1 fully saturated rings. The number of hydrogen-bond donors (Lipinski definition) is 1. The molecule has 0 radical (unpaired) electrons. The number of hydrogen-bond acceptors (Lipinski definition) is 5. The van der Waals surface area contributed by atoms with Crippen LogP contribution in [0.5, 0.6) is 0 Å². The molecule has 0 aliphatic carbocycles. The van der Waals surface area contributed by atoms with E-state index in [2.05, 4.69) is 20.1 Å². The molecule has 2 aromatic heterocycles. The molecule has 0 atom stereocenters. The molecule has 6 heteroatoms. The summed E-state index contributed by atoms with van der Waals surface area (Å²) in [5, 5.41) is 16.4. The number of piperidine rings is 1. The minimum absolute atomic E-state index is 0.784. The maximum atomic E-state index is 8.76. The first kappa shape index (κ1) is 11.0. The summed E-state index contributed by atoms with van der Waals surface area (Å²) in [7, 11) is 0. The lowest BCUT2D eigenvalue weighted by molar-refractivity contribution is 0.315. The predicted molar refractivity (Wildman–Crippen MR) is 68.4 cm³/mol. The average molecular weight is 245 g/mol. The van der Waals surface area contributed by atoms with E-state index in [1.54, 1.807) is 6.20 Å². The minimum atomic E-state index is 0.784. The monoisotopic (exact) mass is 245 g/mol. The van der Waals surface area contributed by atoms with E-state index < -0.39 is 0 Å². The number of aromatic nitrogens is 3. The van der Waals surface area contributed by atoms with E-state index in [0.29, 0.717) is 0 Å². The molecule has 0 spiro atoms. The lowest BCUT2D eigenvalue weighted by atomic mass is 10.1. The molecule has 94 valence electrons. The van der Waals surface area contributed by atoms with Crippen molar-refractivity contribution in [1.29, 1.82) is 0 Å². The van der Waals surface area contributed by atoms with Crippen molar-refractivity contribution in [2.24, 2.45) is 5.16 Å². The molecule has 0 aromatic carbocycles. The Labute approximate surface area is 105 Å². The van der Waals surface area contributed by atoms with E-state index in [-0.39, 0.29) is 0 Å². The summed E-state index contributed by atoms with van der Waals surface area (Å²) < 4.78 is 1.85. The zero-order valence-corrected chi connectivity index (χ0v) is 10.2. The Hall–Kier alpha value is -2.11. The van der Waals surface area contributed by atoms with Crippen LogP contribution >= 0.6 is 0 Å². The van der Waals surface area contributed by atoms with Crippen LogP contribution in [-0.2, 0) is 0 Å². The van der Waals surface area contributed by atoms with Crippen LogP contribution in [0.25, 0.3) is 5.52 Å². The normalized spacial score (nSPS) is 16.3. The highest BCUT2D eigenvalue weighted by molar-refractivity contribution is 5.86. The molecule has 0 amide bonds. The van der Waals surface area contributed by atoms with Crippen molar-refractivity contribution in [3.05, 3.63) is 24.2 Å². The summed E-state index contributed by atoms with van der Waals surface area (Å²) in [6, 6.07) is 2.04. The molecular formula is C12H15N5O. The van der Waals surface area contributed by atoms with Gasteiger partial charge >= 0.3 is 0 Å². The first-order valence-electron chi connectivity index (χ1n) is 6.03. The van der Waals surface area contributed by atoms with Gasteiger partial charge in [-0.05, 0) is 13.0 Å². The van der Waals surface area contributed by atoms with Crippen LogP contribution in [0.2, 0.25) is 0 Å². The molecule has 2 aromatic rings. The van der Waals surface area contributed by atoms with Crippen molar-refractivity contribution in [3.63, 3.8) is 0 Å². The van der Waals surface area contributed by atoms with Gasteiger partial charge in [0.15, 0.2) is 5.82 Å². The molecule has 3 heterocycles. The third kappa shape index (κ3) is 1.79. The number of fused-ring (bicyclic) bond motifs is 1. The highest BCUT2D eigenvalue weighted by Crippen LogP contribution is 2.22. The summed E-state index contributed by atoms with van der Waals surface area (Å²) in [6.45, 7) is 3.64. The molecule has 6 nitrogen and oxygen atoms in total. The molecular weight excluding hydrogens is 230 g/mol. The second kappa shape index (κ2) is 4.29. The fraction of sp³-hybridized carbons (Fsp3) is 0.417. The smallest absolute Gasteiger partial charge is 0.154 e. The van der Waals surface area contributed by atoms with Crippen molar-refractivity contribution < 1.29 is 5.21 Å². The first-order chi connectivity index (χ1) is 8.78. The molecule has 1 aliphatic heterocycles. The molecule has 0 bridgehead atoms. The third-order valence-electron chi connectivity index (χ3n) is 3.27.